The van der Waals surface area contributed by atoms with Gasteiger partial charge in [-0.1, -0.05) is 12.5 Å². The summed E-state index contributed by atoms with van der Waals surface area (Å²) in [6, 6.07) is 0. The van der Waals surface area contributed by atoms with Crippen molar-refractivity contribution in [1.29, 1.82) is 5.41 Å². The molecule has 1 unspecified atom stereocenters. The molecule has 2 heteroatoms. The van der Waals surface area contributed by atoms with Gasteiger partial charge >= 0.3 is 0 Å². The van der Waals surface area contributed by atoms with E-state index in [0.717, 1.165) is 6.42 Å². The van der Waals surface area contributed by atoms with E-state index >= 15 is 0 Å². The molecule has 0 aromatic carbocycles. The molecule has 0 bridgehead atoms. The van der Waals surface area contributed by atoms with E-state index < -0.39 is 0 Å². The summed E-state index contributed by atoms with van der Waals surface area (Å²) in [4.78, 5) is 0. The Balaban J connectivity index is 3.60. The highest BCUT2D eigenvalue weighted by molar-refractivity contribution is 8.03. The first kappa shape index (κ1) is 9.76. The quantitative estimate of drug-likeness (QED) is 0.623. The van der Waals surface area contributed by atoms with Gasteiger partial charge in [0.05, 0.1) is 0 Å². The maximum absolute atomic E-state index is 6.93. The standard InChI is InChI=1S/C8H15NS/c1-4-7(2)6-10-8(3)5-9/h5-6,8-9H,4H2,1-3H3. The monoisotopic (exact) mass is 157 g/mol. The molecular weight excluding hydrogens is 142 g/mol. The van der Waals surface area contributed by atoms with Crippen LogP contribution >= 0.6 is 11.8 Å². The molecule has 58 valence electrons. The molecule has 1 nitrogen and oxygen atoms in total. The maximum atomic E-state index is 6.93. The number of thioether (sulfide) groups is 1. The van der Waals surface area contributed by atoms with E-state index in [1.54, 1.807) is 11.8 Å². The first-order valence-corrected chi connectivity index (χ1v) is 4.46. The van der Waals surface area contributed by atoms with Gasteiger partial charge in [0.1, 0.15) is 0 Å². The van der Waals surface area contributed by atoms with Crippen LogP contribution < -0.4 is 0 Å². The molecule has 1 atom stereocenters. The van der Waals surface area contributed by atoms with Gasteiger partial charge in [0.15, 0.2) is 0 Å². The molecule has 0 spiro atoms. The third-order valence-electron chi connectivity index (χ3n) is 1.28. The van der Waals surface area contributed by atoms with Gasteiger partial charge in [-0.15, -0.1) is 11.8 Å². The number of nitrogens with one attached hydrogen (secondary N) is 1. The van der Waals surface area contributed by atoms with Crippen molar-refractivity contribution in [3.8, 4) is 0 Å². The zero-order chi connectivity index (χ0) is 7.98. The molecule has 0 saturated carbocycles. The summed E-state index contributed by atoms with van der Waals surface area (Å²) in [7, 11) is 0. The number of hydrogen-bond donors (Lipinski definition) is 1. The predicted octanol–water partition coefficient (Wildman–Crippen LogP) is 3.07. The minimum absolute atomic E-state index is 0.321. The highest BCUT2D eigenvalue weighted by Crippen LogP contribution is 2.13. The number of hydrogen-bond acceptors (Lipinski definition) is 2. The average molecular weight is 157 g/mol. The Morgan fingerprint density at radius 2 is 2.30 bits per heavy atom. The van der Waals surface area contributed by atoms with E-state index in [9.17, 15) is 0 Å². The Kier molecular flexibility index (Phi) is 5.40. The first-order valence-electron chi connectivity index (χ1n) is 3.52. The Hall–Kier alpha value is -0.240. The average Bonchev–Trinajstić information content (AvgIpc) is 1.99. The van der Waals surface area contributed by atoms with Crippen molar-refractivity contribution in [3.63, 3.8) is 0 Å². The van der Waals surface area contributed by atoms with Crippen molar-refractivity contribution in [3.05, 3.63) is 11.0 Å². The van der Waals surface area contributed by atoms with Crippen molar-refractivity contribution in [2.24, 2.45) is 0 Å². The van der Waals surface area contributed by atoms with Crippen molar-refractivity contribution in [2.45, 2.75) is 32.4 Å². The van der Waals surface area contributed by atoms with Crippen LogP contribution in [0.5, 0.6) is 0 Å². The SMILES string of the molecule is CCC(C)=CSC(C)C=N. The van der Waals surface area contributed by atoms with E-state index in [2.05, 4.69) is 19.3 Å². The van der Waals surface area contributed by atoms with Gasteiger partial charge in [0.2, 0.25) is 0 Å². The molecule has 0 saturated heterocycles. The largest absolute Gasteiger partial charge is 0.312 e. The molecule has 0 aromatic rings. The number of rotatable bonds is 4. The molecule has 1 N–H and O–H groups in total. The van der Waals surface area contributed by atoms with E-state index in [1.165, 1.54) is 11.8 Å². The van der Waals surface area contributed by atoms with Gasteiger partial charge in [0.25, 0.3) is 0 Å². The zero-order valence-electron chi connectivity index (χ0n) is 6.85. The van der Waals surface area contributed by atoms with Gasteiger partial charge in [-0.3, -0.25) is 0 Å². The van der Waals surface area contributed by atoms with Crippen molar-refractivity contribution in [2.75, 3.05) is 0 Å². The summed E-state index contributed by atoms with van der Waals surface area (Å²) in [5.74, 6) is 0. The lowest BCUT2D eigenvalue weighted by molar-refractivity contribution is 1.11. The predicted molar refractivity (Wildman–Crippen MR) is 49.9 cm³/mol. The normalized spacial score (nSPS) is 14.9. The fourth-order valence-electron chi connectivity index (χ4n) is 0.346. The van der Waals surface area contributed by atoms with Gasteiger partial charge in [-0.25, -0.2) is 0 Å². The van der Waals surface area contributed by atoms with Gasteiger partial charge in [-0.05, 0) is 25.7 Å². The smallest absolute Gasteiger partial charge is 0.0406 e. The van der Waals surface area contributed by atoms with Gasteiger partial charge in [-0.2, -0.15) is 0 Å². The summed E-state index contributed by atoms with van der Waals surface area (Å²) in [6.07, 6.45) is 2.57. The summed E-state index contributed by atoms with van der Waals surface area (Å²) in [5, 5.41) is 9.39. The van der Waals surface area contributed by atoms with Crippen LogP contribution in [0.15, 0.2) is 11.0 Å². The topological polar surface area (TPSA) is 23.9 Å². The molecule has 0 fully saturated rings. The van der Waals surface area contributed by atoms with Crippen LogP contribution in [0.2, 0.25) is 0 Å². The summed E-state index contributed by atoms with van der Waals surface area (Å²) in [6.45, 7) is 6.28. The Labute approximate surface area is 67.4 Å². The molecule has 10 heavy (non-hydrogen) atoms. The van der Waals surface area contributed by atoms with Gasteiger partial charge in [0, 0.05) is 11.5 Å². The van der Waals surface area contributed by atoms with Crippen LogP contribution in [-0.2, 0) is 0 Å². The Bertz CT molecular complexity index is 129. The first-order chi connectivity index (χ1) is 4.70. The molecule has 0 heterocycles. The molecule has 0 aliphatic carbocycles. The highest BCUT2D eigenvalue weighted by atomic mass is 32.2. The van der Waals surface area contributed by atoms with E-state index in [0.29, 0.717) is 5.25 Å². The second-order valence-corrected chi connectivity index (χ2v) is 3.58. The van der Waals surface area contributed by atoms with E-state index in [4.69, 9.17) is 5.41 Å². The molecule has 0 rings (SSSR count). The van der Waals surface area contributed by atoms with Crippen LogP contribution in [0.1, 0.15) is 27.2 Å². The van der Waals surface area contributed by atoms with Crippen LogP contribution in [0.3, 0.4) is 0 Å². The maximum Gasteiger partial charge on any atom is 0.0406 e. The van der Waals surface area contributed by atoms with Crippen molar-refractivity contribution >= 4 is 18.0 Å². The van der Waals surface area contributed by atoms with Crippen molar-refractivity contribution < 1.29 is 0 Å². The van der Waals surface area contributed by atoms with Crippen LogP contribution in [0.4, 0.5) is 0 Å². The minimum Gasteiger partial charge on any atom is -0.312 e. The molecular formula is C8H15NS. The third-order valence-corrected chi connectivity index (χ3v) is 2.38. The highest BCUT2D eigenvalue weighted by Gasteiger charge is 1.92. The molecule has 0 radical (unpaired) electrons. The van der Waals surface area contributed by atoms with Crippen LogP contribution in [0.25, 0.3) is 0 Å². The summed E-state index contributed by atoms with van der Waals surface area (Å²) >= 11 is 1.70. The fraction of sp³-hybridized carbons (Fsp3) is 0.625. The van der Waals surface area contributed by atoms with E-state index in [-0.39, 0.29) is 0 Å². The lowest BCUT2D eigenvalue weighted by Gasteiger charge is -1.99. The lowest BCUT2D eigenvalue weighted by Crippen LogP contribution is -1.92. The van der Waals surface area contributed by atoms with Crippen molar-refractivity contribution in [1.82, 2.24) is 0 Å². The fourth-order valence-corrected chi connectivity index (χ4v) is 1.04. The second-order valence-electron chi connectivity index (χ2n) is 2.33. The molecule has 0 amide bonds. The minimum atomic E-state index is 0.321. The van der Waals surface area contributed by atoms with Crippen LogP contribution in [0, 0.1) is 5.41 Å². The lowest BCUT2D eigenvalue weighted by atomic mass is 10.3. The molecule has 0 aromatic heterocycles. The summed E-state index contributed by atoms with van der Waals surface area (Å²) < 4.78 is 0. The third kappa shape index (κ3) is 4.62. The Morgan fingerprint density at radius 1 is 1.70 bits per heavy atom. The molecule has 0 aliphatic heterocycles. The Morgan fingerprint density at radius 3 is 2.70 bits per heavy atom. The number of allylic oxidation sites excluding steroid dienone is 1. The molecule has 0 aliphatic rings. The van der Waals surface area contributed by atoms with E-state index in [1.807, 2.05) is 6.92 Å². The second kappa shape index (κ2) is 5.54. The zero-order valence-corrected chi connectivity index (χ0v) is 7.66. The van der Waals surface area contributed by atoms with Gasteiger partial charge < -0.3 is 5.41 Å². The van der Waals surface area contributed by atoms with Crippen LogP contribution in [-0.4, -0.2) is 11.5 Å². The summed E-state index contributed by atoms with van der Waals surface area (Å²) in [5.41, 5.74) is 1.39.